The van der Waals surface area contributed by atoms with Crippen molar-refractivity contribution < 1.29 is 9.72 Å². The number of hydrogen-bond donors (Lipinski definition) is 0. The first kappa shape index (κ1) is 13.9. The van der Waals surface area contributed by atoms with Gasteiger partial charge in [-0.15, -0.1) is 11.3 Å². The summed E-state index contributed by atoms with van der Waals surface area (Å²) in [5.41, 5.74) is 0.898. The van der Waals surface area contributed by atoms with Gasteiger partial charge in [0.2, 0.25) is 0 Å². The van der Waals surface area contributed by atoms with Crippen LogP contribution in [0.25, 0.3) is 6.08 Å². The minimum Gasteiger partial charge on any atom is -0.288 e. The Morgan fingerprint density at radius 2 is 1.90 bits per heavy atom. The molecular formula is C15H11NO3S. The van der Waals surface area contributed by atoms with Crippen molar-refractivity contribution in [1.82, 2.24) is 0 Å². The average Bonchev–Trinajstić information content (AvgIpc) is 2.98. The number of carbonyl (C=O) groups is 1. The minimum atomic E-state index is -0.437. The van der Waals surface area contributed by atoms with Gasteiger partial charge in [0.05, 0.1) is 9.80 Å². The maximum atomic E-state index is 11.7. The maximum Gasteiger partial charge on any atom is 0.269 e. The fourth-order valence-electron chi connectivity index (χ4n) is 1.52. The lowest BCUT2D eigenvalue weighted by molar-refractivity contribution is -0.384. The molecule has 1 aromatic carbocycles. The predicted molar refractivity (Wildman–Crippen MR) is 79.9 cm³/mol. The van der Waals surface area contributed by atoms with Crippen molar-refractivity contribution in [3.8, 4) is 0 Å². The van der Waals surface area contributed by atoms with Crippen molar-refractivity contribution in [2.45, 2.75) is 0 Å². The Labute approximate surface area is 119 Å². The Morgan fingerprint density at radius 1 is 1.15 bits per heavy atom. The molecule has 100 valence electrons. The first-order valence-electron chi connectivity index (χ1n) is 5.84. The molecule has 1 heterocycles. The van der Waals surface area contributed by atoms with Gasteiger partial charge in [0.15, 0.2) is 5.78 Å². The number of benzene rings is 1. The molecule has 4 nitrogen and oxygen atoms in total. The van der Waals surface area contributed by atoms with E-state index in [0.29, 0.717) is 4.88 Å². The second-order valence-electron chi connectivity index (χ2n) is 3.91. The molecule has 0 spiro atoms. The van der Waals surface area contributed by atoms with E-state index in [-0.39, 0.29) is 11.5 Å². The molecule has 0 atom stereocenters. The molecule has 5 heteroatoms. The number of thiophene rings is 1. The summed E-state index contributed by atoms with van der Waals surface area (Å²) in [5, 5.41) is 12.4. The van der Waals surface area contributed by atoms with Gasteiger partial charge in [-0.1, -0.05) is 24.3 Å². The number of ketones is 1. The number of allylic oxidation sites excluding steroid dienone is 3. The number of non-ortho nitro benzene ring substituents is 1. The number of nitro benzene ring substituents is 1. The summed E-state index contributed by atoms with van der Waals surface area (Å²) in [5.74, 6) is -0.0339. The molecule has 0 aliphatic heterocycles. The van der Waals surface area contributed by atoms with Crippen LogP contribution in [0.15, 0.2) is 60.0 Å². The van der Waals surface area contributed by atoms with Crippen molar-refractivity contribution in [3.63, 3.8) is 0 Å². The third-order valence-electron chi connectivity index (χ3n) is 2.52. The highest BCUT2D eigenvalue weighted by molar-refractivity contribution is 7.12. The van der Waals surface area contributed by atoms with Gasteiger partial charge in [-0.2, -0.15) is 0 Å². The number of carbonyl (C=O) groups excluding carboxylic acids is 1. The van der Waals surface area contributed by atoms with Crippen molar-refractivity contribution in [2.24, 2.45) is 0 Å². The van der Waals surface area contributed by atoms with Crippen LogP contribution >= 0.6 is 11.3 Å². The lowest BCUT2D eigenvalue weighted by Gasteiger charge is -1.92. The normalized spacial score (nSPS) is 11.2. The van der Waals surface area contributed by atoms with E-state index in [1.165, 1.54) is 29.5 Å². The van der Waals surface area contributed by atoms with E-state index in [1.807, 2.05) is 11.4 Å². The fraction of sp³-hybridized carbons (Fsp3) is 0. The molecule has 0 saturated carbocycles. The first-order valence-corrected chi connectivity index (χ1v) is 6.72. The van der Waals surface area contributed by atoms with Crippen LogP contribution in [0, 0.1) is 10.1 Å². The summed E-state index contributed by atoms with van der Waals surface area (Å²) in [7, 11) is 0. The van der Waals surface area contributed by atoms with Crippen LogP contribution in [-0.4, -0.2) is 10.7 Å². The highest BCUT2D eigenvalue weighted by atomic mass is 32.1. The van der Waals surface area contributed by atoms with Gasteiger partial charge < -0.3 is 0 Å². The van der Waals surface area contributed by atoms with Crippen molar-refractivity contribution in [1.29, 1.82) is 0 Å². The summed E-state index contributed by atoms with van der Waals surface area (Å²) >= 11 is 1.40. The predicted octanol–water partition coefficient (Wildman–Crippen LogP) is 4.11. The van der Waals surface area contributed by atoms with Gasteiger partial charge in [-0.3, -0.25) is 14.9 Å². The second-order valence-corrected chi connectivity index (χ2v) is 4.86. The van der Waals surface area contributed by atoms with E-state index < -0.39 is 4.92 Å². The summed E-state index contributed by atoms with van der Waals surface area (Å²) in [6, 6.07) is 9.81. The quantitative estimate of drug-likeness (QED) is 0.273. The van der Waals surface area contributed by atoms with Gasteiger partial charge in [0.1, 0.15) is 0 Å². The van der Waals surface area contributed by atoms with Crippen LogP contribution in [-0.2, 0) is 0 Å². The van der Waals surface area contributed by atoms with Crippen LogP contribution < -0.4 is 0 Å². The van der Waals surface area contributed by atoms with Gasteiger partial charge in [0, 0.05) is 12.1 Å². The fourth-order valence-corrected chi connectivity index (χ4v) is 2.16. The van der Waals surface area contributed by atoms with Gasteiger partial charge in [-0.25, -0.2) is 0 Å². The van der Waals surface area contributed by atoms with Crippen molar-refractivity contribution in [2.75, 3.05) is 0 Å². The van der Waals surface area contributed by atoms with Gasteiger partial charge in [-0.05, 0) is 35.2 Å². The smallest absolute Gasteiger partial charge is 0.269 e. The highest BCUT2D eigenvalue weighted by Gasteiger charge is 2.02. The maximum absolute atomic E-state index is 11.7. The summed E-state index contributed by atoms with van der Waals surface area (Å²) in [4.78, 5) is 22.4. The average molecular weight is 285 g/mol. The molecule has 2 rings (SSSR count). The number of nitro groups is 1. The van der Waals surface area contributed by atoms with Crippen LogP contribution in [0.4, 0.5) is 5.69 Å². The van der Waals surface area contributed by atoms with E-state index >= 15 is 0 Å². The summed E-state index contributed by atoms with van der Waals surface area (Å²) in [6.07, 6.45) is 6.66. The second kappa shape index (κ2) is 6.58. The number of hydrogen-bond acceptors (Lipinski definition) is 4. The Kier molecular flexibility index (Phi) is 4.57. The molecule has 0 saturated heterocycles. The molecule has 0 aliphatic rings. The molecule has 0 bridgehead atoms. The Balaban J connectivity index is 1.96. The van der Waals surface area contributed by atoms with Crippen LogP contribution in [0.3, 0.4) is 0 Å². The number of nitrogens with zero attached hydrogens (tertiary/aromatic N) is 1. The lowest BCUT2D eigenvalue weighted by atomic mass is 10.2. The summed E-state index contributed by atoms with van der Waals surface area (Å²) < 4.78 is 0. The zero-order valence-electron chi connectivity index (χ0n) is 10.4. The van der Waals surface area contributed by atoms with Crippen LogP contribution in [0.5, 0.6) is 0 Å². The lowest BCUT2D eigenvalue weighted by Crippen LogP contribution is -1.87. The molecule has 0 unspecified atom stereocenters. The van der Waals surface area contributed by atoms with Gasteiger partial charge >= 0.3 is 0 Å². The Morgan fingerprint density at radius 3 is 2.50 bits per heavy atom. The zero-order chi connectivity index (χ0) is 14.4. The van der Waals surface area contributed by atoms with E-state index in [4.69, 9.17) is 0 Å². The molecule has 0 N–H and O–H groups in total. The standard InChI is InChI=1S/C15H11NO3S/c17-14(15-6-3-11-20-15)5-2-1-4-12-7-9-13(10-8-12)16(18)19/h1-11H. The number of rotatable bonds is 5. The Hall–Kier alpha value is -2.53. The summed E-state index contributed by atoms with van der Waals surface area (Å²) in [6.45, 7) is 0. The molecule has 0 radical (unpaired) electrons. The minimum absolute atomic E-state index is 0.0339. The molecule has 0 fully saturated rings. The molecule has 0 amide bonds. The third-order valence-corrected chi connectivity index (χ3v) is 3.40. The molecule has 2 aromatic rings. The van der Waals surface area contributed by atoms with E-state index in [0.717, 1.165) is 5.56 Å². The Bertz CT molecular complexity index is 655. The first-order chi connectivity index (χ1) is 9.66. The zero-order valence-corrected chi connectivity index (χ0v) is 11.2. The van der Waals surface area contributed by atoms with E-state index in [1.54, 1.807) is 36.4 Å². The monoisotopic (exact) mass is 285 g/mol. The SMILES string of the molecule is O=C(C=CC=Cc1ccc([N+](=O)[O-])cc1)c1cccs1. The molecular weight excluding hydrogens is 274 g/mol. The molecule has 1 aromatic heterocycles. The largest absolute Gasteiger partial charge is 0.288 e. The topological polar surface area (TPSA) is 60.2 Å². The van der Waals surface area contributed by atoms with Gasteiger partial charge in [0.25, 0.3) is 5.69 Å². The molecule has 20 heavy (non-hydrogen) atoms. The van der Waals surface area contributed by atoms with Crippen LogP contribution in [0.2, 0.25) is 0 Å². The van der Waals surface area contributed by atoms with Crippen LogP contribution in [0.1, 0.15) is 15.2 Å². The van der Waals surface area contributed by atoms with Crippen molar-refractivity contribution in [3.05, 3.63) is 80.6 Å². The van der Waals surface area contributed by atoms with Crippen molar-refractivity contribution >= 4 is 28.9 Å². The third kappa shape index (κ3) is 3.73. The molecule has 0 aliphatic carbocycles. The van der Waals surface area contributed by atoms with E-state index in [9.17, 15) is 14.9 Å². The van der Waals surface area contributed by atoms with E-state index in [2.05, 4.69) is 0 Å². The highest BCUT2D eigenvalue weighted by Crippen LogP contribution is 2.13.